The quantitative estimate of drug-likeness (QED) is 0.179. The molecule has 1 nitrogen and oxygen atoms in total. The summed E-state index contributed by atoms with van der Waals surface area (Å²) in [5, 5.41) is 15.0. The van der Waals surface area contributed by atoms with Gasteiger partial charge in [0.05, 0.1) is 0 Å². The molecule has 0 bridgehead atoms. The van der Waals surface area contributed by atoms with Crippen molar-refractivity contribution in [2.45, 2.75) is 0 Å². The van der Waals surface area contributed by atoms with Crippen LogP contribution in [0.1, 0.15) is 0 Å². The van der Waals surface area contributed by atoms with Gasteiger partial charge in [0.25, 0.3) is 0 Å². The second kappa shape index (κ2) is 10.0. The van der Waals surface area contributed by atoms with Crippen molar-refractivity contribution in [2.75, 3.05) is 0 Å². The summed E-state index contributed by atoms with van der Waals surface area (Å²) in [6, 6.07) is 62.0. The van der Waals surface area contributed by atoms with Crippen LogP contribution in [0.5, 0.6) is 0 Å². The average Bonchev–Trinajstić information content (AvgIpc) is 3.56. The van der Waals surface area contributed by atoms with E-state index in [1.165, 1.54) is 76.1 Å². The third-order valence-electron chi connectivity index (χ3n) is 10.6. The summed E-state index contributed by atoms with van der Waals surface area (Å²) >= 11 is 0. The van der Waals surface area contributed by atoms with Crippen molar-refractivity contribution in [1.29, 1.82) is 0 Å². The van der Waals surface area contributed by atoms with Gasteiger partial charge < -0.3 is 4.42 Å². The molecule has 0 fully saturated rings. The maximum atomic E-state index is 6.74. The Morgan fingerprint density at radius 2 is 0.837 bits per heavy atom. The van der Waals surface area contributed by atoms with Gasteiger partial charge in [0.1, 0.15) is 11.2 Å². The van der Waals surface area contributed by atoms with Crippen LogP contribution in [0.25, 0.3) is 109 Å². The highest BCUT2D eigenvalue weighted by molar-refractivity contribution is 6.29. The zero-order chi connectivity index (χ0) is 32.1. The lowest BCUT2D eigenvalue weighted by molar-refractivity contribution is 0.670. The fourth-order valence-corrected chi connectivity index (χ4v) is 8.39. The Hall–Kier alpha value is -6.44. The summed E-state index contributed by atoms with van der Waals surface area (Å²) in [5.41, 5.74) is 9.07. The first-order valence-corrected chi connectivity index (χ1v) is 16.9. The number of hydrogen-bond donors (Lipinski definition) is 0. The molecule has 1 heterocycles. The van der Waals surface area contributed by atoms with Gasteiger partial charge in [-0.1, -0.05) is 158 Å². The third kappa shape index (κ3) is 3.82. The smallest absolute Gasteiger partial charge is 0.143 e. The van der Waals surface area contributed by atoms with Crippen molar-refractivity contribution in [2.24, 2.45) is 0 Å². The van der Waals surface area contributed by atoms with Gasteiger partial charge in [-0.2, -0.15) is 0 Å². The Bertz CT molecular complexity index is 3100. The summed E-state index contributed by atoms with van der Waals surface area (Å²) in [6.07, 6.45) is 0. The number of furan rings is 1. The van der Waals surface area contributed by atoms with E-state index in [1.807, 2.05) is 0 Å². The van der Waals surface area contributed by atoms with Crippen molar-refractivity contribution in [3.8, 4) is 33.4 Å². The molecule has 226 valence electrons. The van der Waals surface area contributed by atoms with Gasteiger partial charge in [0.2, 0.25) is 0 Å². The minimum absolute atomic E-state index is 0.907. The Labute approximate surface area is 282 Å². The summed E-state index contributed by atoms with van der Waals surface area (Å²) < 4.78 is 6.74. The Balaban J connectivity index is 1.16. The van der Waals surface area contributed by atoms with Gasteiger partial charge in [-0.25, -0.2) is 0 Å². The van der Waals surface area contributed by atoms with E-state index in [1.54, 1.807) is 0 Å². The van der Waals surface area contributed by atoms with Crippen LogP contribution in [-0.4, -0.2) is 0 Å². The minimum atomic E-state index is 0.907. The molecule has 11 rings (SSSR count). The SMILES string of the molecule is c1ccc2cc(-c3cccc4c3oc3cccc(-c5ccc6ccc7c(-c8cccc9ccccc89)ccc8ccc5c6c87)c34)ccc2c1. The molecule has 0 amide bonds. The Morgan fingerprint density at radius 3 is 1.65 bits per heavy atom. The van der Waals surface area contributed by atoms with E-state index in [0.29, 0.717) is 0 Å². The normalized spacial score (nSPS) is 12.1. The second-order valence-electron chi connectivity index (χ2n) is 13.2. The molecule has 0 saturated heterocycles. The number of fused-ring (bicyclic) bond motifs is 5. The molecule has 11 aromatic rings. The van der Waals surface area contributed by atoms with Gasteiger partial charge in [-0.05, 0) is 93.8 Å². The van der Waals surface area contributed by atoms with Gasteiger partial charge in [-0.15, -0.1) is 0 Å². The summed E-state index contributed by atoms with van der Waals surface area (Å²) in [4.78, 5) is 0. The van der Waals surface area contributed by atoms with Crippen LogP contribution in [0.15, 0.2) is 174 Å². The zero-order valence-electron chi connectivity index (χ0n) is 26.6. The molecule has 0 aliphatic rings. The molecule has 0 unspecified atom stereocenters. The van der Waals surface area contributed by atoms with E-state index < -0.39 is 0 Å². The van der Waals surface area contributed by atoms with Crippen LogP contribution >= 0.6 is 0 Å². The standard InChI is InChI=1S/C48H28O/c1-2-10-33-28-34(19-18-29(33)8-1)36-13-6-16-43-47-40(15-7-17-44(47)49-48(36)43)39-25-21-32-22-26-41-38(24-20-31-23-27-42(39)46(32)45(31)41)37-14-5-11-30-9-3-4-12-35(30)37/h1-28H. The lowest BCUT2D eigenvalue weighted by Crippen LogP contribution is -1.90. The monoisotopic (exact) mass is 620 g/mol. The first-order valence-electron chi connectivity index (χ1n) is 16.9. The maximum Gasteiger partial charge on any atom is 0.143 e. The van der Waals surface area contributed by atoms with E-state index in [-0.39, 0.29) is 0 Å². The number of para-hydroxylation sites is 1. The van der Waals surface area contributed by atoms with Crippen LogP contribution in [0.4, 0.5) is 0 Å². The average molecular weight is 621 g/mol. The molecular formula is C48H28O. The fraction of sp³-hybridized carbons (Fsp3) is 0. The number of rotatable bonds is 3. The molecule has 0 spiro atoms. The highest BCUT2D eigenvalue weighted by Crippen LogP contribution is 2.46. The molecule has 1 heteroatoms. The largest absolute Gasteiger partial charge is 0.455 e. The maximum absolute atomic E-state index is 6.74. The number of hydrogen-bond acceptors (Lipinski definition) is 1. The molecule has 0 saturated carbocycles. The topological polar surface area (TPSA) is 13.1 Å². The van der Waals surface area contributed by atoms with E-state index in [2.05, 4.69) is 170 Å². The second-order valence-corrected chi connectivity index (χ2v) is 13.2. The molecule has 0 N–H and O–H groups in total. The van der Waals surface area contributed by atoms with Crippen molar-refractivity contribution in [1.82, 2.24) is 0 Å². The van der Waals surface area contributed by atoms with E-state index in [9.17, 15) is 0 Å². The van der Waals surface area contributed by atoms with Gasteiger partial charge in [0.15, 0.2) is 0 Å². The van der Waals surface area contributed by atoms with Gasteiger partial charge >= 0.3 is 0 Å². The predicted octanol–water partition coefficient (Wildman–Crippen LogP) is 13.8. The third-order valence-corrected chi connectivity index (χ3v) is 10.6. The minimum Gasteiger partial charge on any atom is -0.455 e. The van der Waals surface area contributed by atoms with Crippen LogP contribution < -0.4 is 0 Å². The molecule has 1 aromatic heterocycles. The van der Waals surface area contributed by atoms with Crippen molar-refractivity contribution >= 4 is 75.8 Å². The van der Waals surface area contributed by atoms with Gasteiger partial charge in [0, 0.05) is 16.3 Å². The lowest BCUT2D eigenvalue weighted by atomic mass is 9.86. The highest BCUT2D eigenvalue weighted by Gasteiger charge is 2.20. The molecule has 10 aromatic carbocycles. The summed E-state index contributed by atoms with van der Waals surface area (Å²) in [7, 11) is 0. The van der Waals surface area contributed by atoms with Crippen molar-refractivity contribution < 1.29 is 4.42 Å². The molecule has 49 heavy (non-hydrogen) atoms. The van der Waals surface area contributed by atoms with E-state index in [0.717, 1.165) is 33.1 Å². The lowest BCUT2D eigenvalue weighted by Gasteiger charge is -2.17. The van der Waals surface area contributed by atoms with Gasteiger partial charge in [-0.3, -0.25) is 0 Å². The summed E-state index contributed by atoms with van der Waals surface area (Å²) in [5.74, 6) is 0. The first kappa shape index (κ1) is 26.6. The van der Waals surface area contributed by atoms with Crippen molar-refractivity contribution in [3.05, 3.63) is 170 Å². The van der Waals surface area contributed by atoms with Crippen LogP contribution in [-0.2, 0) is 0 Å². The molecular weight excluding hydrogens is 593 g/mol. The highest BCUT2D eigenvalue weighted by atomic mass is 16.3. The van der Waals surface area contributed by atoms with E-state index >= 15 is 0 Å². The zero-order valence-corrected chi connectivity index (χ0v) is 26.6. The fourth-order valence-electron chi connectivity index (χ4n) is 8.39. The molecule has 0 atom stereocenters. The van der Waals surface area contributed by atoms with Crippen LogP contribution in [0.3, 0.4) is 0 Å². The molecule has 0 aliphatic carbocycles. The first-order chi connectivity index (χ1) is 24.3. The predicted molar refractivity (Wildman–Crippen MR) is 209 cm³/mol. The van der Waals surface area contributed by atoms with Crippen molar-refractivity contribution in [3.63, 3.8) is 0 Å². The Morgan fingerprint density at radius 1 is 0.286 bits per heavy atom. The van der Waals surface area contributed by atoms with E-state index in [4.69, 9.17) is 4.42 Å². The number of benzene rings is 10. The Kier molecular flexibility index (Phi) is 5.45. The summed E-state index contributed by atoms with van der Waals surface area (Å²) in [6.45, 7) is 0. The van der Waals surface area contributed by atoms with Crippen LogP contribution in [0, 0.1) is 0 Å². The molecule has 0 radical (unpaired) electrons. The van der Waals surface area contributed by atoms with Crippen LogP contribution in [0.2, 0.25) is 0 Å². The molecule has 0 aliphatic heterocycles.